The summed E-state index contributed by atoms with van der Waals surface area (Å²) < 4.78 is 30.1. The van der Waals surface area contributed by atoms with Gasteiger partial charge in [-0.05, 0) is 19.1 Å². The molecule has 0 aliphatic heterocycles. The molecular formula is C10H12F2O. The molecule has 0 amide bonds. The largest absolute Gasteiger partial charge is 0.490 e. The van der Waals surface area contributed by atoms with E-state index in [1.54, 1.807) is 24.3 Å². The Bertz CT molecular complexity index is 236. The molecule has 0 aromatic heterocycles. The van der Waals surface area contributed by atoms with E-state index >= 15 is 0 Å². The predicted octanol–water partition coefficient (Wildman–Crippen LogP) is 2.76. The zero-order chi connectivity index (χ0) is 9.68. The molecular weight excluding hydrogens is 174 g/mol. The minimum atomic E-state index is -1.56. The highest BCUT2D eigenvalue weighted by molar-refractivity contribution is 5.20. The van der Waals surface area contributed by atoms with E-state index in [0.717, 1.165) is 0 Å². The molecule has 0 fully saturated rings. The number of alkyl halides is 2. The lowest BCUT2D eigenvalue weighted by molar-refractivity contribution is 0.119. The van der Waals surface area contributed by atoms with Gasteiger partial charge in [0, 0.05) is 0 Å². The first-order chi connectivity index (χ1) is 6.20. The number of para-hydroxylation sites is 1. The van der Waals surface area contributed by atoms with Crippen LogP contribution in [-0.2, 0) is 0 Å². The number of ether oxygens (including phenoxy) is 1. The van der Waals surface area contributed by atoms with Crippen molar-refractivity contribution < 1.29 is 13.5 Å². The van der Waals surface area contributed by atoms with Crippen LogP contribution in [0.3, 0.4) is 0 Å². The van der Waals surface area contributed by atoms with E-state index in [2.05, 4.69) is 0 Å². The molecule has 1 rings (SSSR count). The maximum atomic E-state index is 12.7. The quantitative estimate of drug-likeness (QED) is 0.702. The Morgan fingerprint density at radius 3 is 2.38 bits per heavy atom. The molecule has 2 atom stereocenters. The van der Waals surface area contributed by atoms with Crippen molar-refractivity contribution in [1.29, 1.82) is 0 Å². The Balaban J connectivity index is 2.35. The molecule has 1 nitrogen and oxygen atoms in total. The van der Waals surface area contributed by atoms with Crippen LogP contribution < -0.4 is 4.74 Å². The maximum absolute atomic E-state index is 12.7. The van der Waals surface area contributed by atoms with E-state index in [1.807, 2.05) is 6.07 Å². The highest BCUT2D eigenvalue weighted by atomic mass is 19.2. The Labute approximate surface area is 76.3 Å². The highest BCUT2D eigenvalue weighted by Crippen LogP contribution is 2.11. The molecule has 3 heteroatoms. The van der Waals surface area contributed by atoms with Crippen molar-refractivity contribution in [3.63, 3.8) is 0 Å². The molecule has 0 radical (unpaired) electrons. The second kappa shape index (κ2) is 4.80. The third-order valence-corrected chi connectivity index (χ3v) is 1.65. The fourth-order valence-corrected chi connectivity index (χ4v) is 0.825. The van der Waals surface area contributed by atoms with Gasteiger partial charge >= 0.3 is 0 Å². The van der Waals surface area contributed by atoms with Gasteiger partial charge in [-0.2, -0.15) is 0 Å². The van der Waals surface area contributed by atoms with Crippen LogP contribution in [0.5, 0.6) is 5.75 Å². The van der Waals surface area contributed by atoms with Crippen molar-refractivity contribution in [1.82, 2.24) is 0 Å². The molecule has 1 aromatic carbocycles. The molecule has 0 bridgehead atoms. The molecule has 0 heterocycles. The van der Waals surface area contributed by atoms with E-state index in [9.17, 15) is 8.78 Å². The van der Waals surface area contributed by atoms with Crippen molar-refractivity contribution in [2.75, 3.05) is 6.61 Å². The summed E-state index contributed by atoms with van der Waals surface area (Å²) in [5.41, 5.74) is 0. The molecule has 2 unspecified atom stereocenters. The molecule has 0 saturated heterocycles. The molecule has 0 spiro atoms. The van der Waals surface area contributed by atoms with Gasteiger partial charge in [0.1, 0.15) is 18.5 Å². The minimum Gasteiger partial charge on any atom is -0.490 e. The summed E-state index contributed by atoms with van der Waals surface area (Å²) in [5, 5.41) is 0. The van der Waals surface area contributed by atoms with Crippen LogP contribution >= 0.6 is 0 Å². The van der Waals surface area contributed by atoms with E-state index in [4.69, 9.17) is 4.74 Å². The summed E-state index contributed by atoms with van der Waals surface area (Å²) in [6.45, 7) is 0.945. The number of hydrogen-bond donors (Lipinski definition) is 0. The Hall–Kier alpha value is -1.12. The number of rotatable bonds is 4. The van der Waals surface area contributed by atoms with E-state index < -0.39 is 12.3 Å². The van der Waals surface area contributed by atoms with E-state index in [0.29, 0.717) is 5.75 Å². The maximum Gasteiger partial charge on any atom is 0.165 e. The normalized spacial score (nSPS) is 15.0. The van der Waals surface area contributed by atoms with Crippen molar-refractivity contribution in [3.8, 4) is 5.75 Å². The lowest BCUT2D eigenvalue weighted by Crippen LogP contribution is -2.21. The number of halogens is 2. The van der Waals surface area contributed by atoms with Crippen LogP contribution in [0, 0.1) is 0 Å². The molecule has 0 N–H and O–H groups in total. The standard InChI is InChI=1S/C10H12F2O/c1-8(11)10(12)7-13-9-5-3-2-4-6-9/h2-6,8,10H,7H2,1H3. The lowest BCUT2D eigenvalue weighted by atomic mass is 10.3. The smallest absolute Gasteiger partial charge is 0.165 e. The Morgan fingerprint density at radius 2 is 1.85 bits per heavy atom. The van der Waals surface area contributed by atoms with Crippen LogP contribution in [0.1, 0.15) is 6.92 Å². The van der Waals surface area contributed by atoms with Gasteiger partial charge in [-0.15, -0.1) is 0 Å². The lowest BCUT2D eigenvalue weighted by Gasteiger charge is -2.10. The topological polar surface area (TPSA) is 9.23 Å². The predicted molar refractivity (Wildman–Crippen MR) is 47.4 cm³/mol. The summed E-state index contributed by atoms with van der Waals surface area (Å²) in [4.78, 5) is 0. The van der Waals surface area contributed by atoms with Gasteiger partial charge < -0.3 is 4.74 Å². The Kier molecular flexibility index (Phi) is 3.68. The molecule has 72 valence electrons. The number of benzene rings is 1. The summed E-state index contributed by atoms with van der Waals surface area (Å²) in [7, 11) is 0. The Morgan fingerprint density at radius 1 is 1.23 bits per heavy atom. The molecule has 13 heavy (non-hydrogen) atoms. The fourth-order valence-electron chi connectivity index (χ4n) is 0.825. The second-order valence-corrected chi connectivity index (χ2v) is 2.82. The fraction of sp³-hybridized carbons (Fsp3) is 0.400. The van der Waals surface area contributed by atoms with Crippen molar-refractivity contribution in [3.05, 3.63) is 30.3 Å². The summed E-state index contributed by atoms with van der Waals surface area (Å²) in [6.07, 6.45) is -3.04. The van der Waals surface area contributed by atoms with Crippen molar-refractivity contribution in [2.24, 2.45) is 0 Å². The summed E-state index contributed by atoms with van der Waals surface area (Å²) in [5.74, 6) is 0.561. The monoisotopic (exact) mass is 186 g/mol. The van der Waals surface area contributed by atoms with Crippen LogP contribution in [0.4, 0.5) is 8.78 Å². The van der Waals surface area contributed by atoms with Gasteiger partial charge in [0.2, 0.25) is 0 Å². The SMILES string of the molecule is CC(F)C(F)COc1ccccc1. The summed E-state index contributed by atoms with van der Waals surface area (Å²) >= 11 is 0. The van der Waals surface area contributed by atoms with Gasteiger partial charge in [-0.1, -0.05) is 18.2 Å². The first kappa shape index (κ1) is 9.96. The minimum absolute atomic E-state index is 0.234. The first-order valence-electron chi connectivity index (χ1n) is 4.16. The average Bonchev–Trinajstić information content (AvgIpc) is 2.15. The van der Waals surface area contributed by atoms with E-state index in [1.165, 1.54) is 6.92 Å². The van der Waals surface area contributed by atoms with Crippen molar-refractivity contribution in [2.45, 2.75) is 19.3 Å². The van der Waals surface area contributed by atoms with Gasteiger partial charge in [-0.3, -0.25) is 0 Å². The first-order valence-corrected chi connectivity index (χ1v) is 4.16. The van der Waals surface area contributed by atoms with Crippen LogP contribution in [-0.4, -0.2) is 19.0 Å². The number of hydrogen-bond acceptors (Lipinski definition) is 1. The van der Waals surface area contributed by atoms with Gasteiger partial charge in [0.15, 0.2) is 6.17 Å². The van der Waals surface area contributed by atoms with E-state index in [-0.39, 0.29) is 6.61 Å². The molecule has 0 saturated carbocycles. The zero-order valence-corrected chi connectivity index (χ0v) is 7.41. The molecule has 0 aliphatic carbocycles. The van der Waals surface area contributed by atoms with Gasteiger partial charge in [0.25, 0.3) is 0 Å². The second-order valence-electron chi connectivity index (χ2n) is 2.82. The van der Waals surface area contributed by atoms with Gasteiger partial charge in [-0.25, -0.2) is 8.78 Å². The molecule has 0 aliphatic rings. The van der Waals surface area contributed by atoms with Crippen molar-refractivity contribution >= 4 is 0 Å². The summed E-state index contributed by atoms with van der Waals surface area (Å²) in [6, 6.07) is 8.80. The highest BCUT2D eigenvalue weighted by Gasteiger charge is 2.15. The third kappa shape index (κ3) is 3.40. The average molecular weight is 186 g/mol. The van der Waals surface area contributed by atoms with Crippen LogP contribution in [0.15, 0.2) is 30.3 Å². The third-order valence-electron chi connectivity index (χ3n) is 1.65. The van der Waals surface area contributed by atoms with Gasteiger partial charge in [0.05, 0.1) is 0 Å². The zero-order valence-electron chi connectivity index (χ0n) is 7.41. The van der Waals surface area contributed by atoms with Crippen LogP contribution in [0.25, 0.3) is 0 Å². The van der Waals surface area contributed by atoms with Crippen LogP contribution in [0.2, 0.25) is 0 Å². The molecule has 1 aromatic rings.